The van der Waals surface area contributed by atoms with E-state index in [9.17, 15) is 9.59 Å². The van der Waals surface area contributed by atoms with Crippen LogP contribution in [-0.2, 0) is 13.1 Å². The number of hydrogen-bond donors (Lipinski definition) is 1. The van der Waals surface area contributed by atoms with Gasteiger partial charge in [0.15, 0.2) is 0 Å². The molecule has 3 aromatic rings. The topological polar surface area (TPSA) is 68.3 Å². The molecular weight excluding hydrogens is 326 g/mol. The Morgan fingerprint density at radius 3 is 2.58 bits per heavy atom. The number of aromatic nitrogens is 1. The molecule has 2 N–H and O–H groups in total. The molecule has 5 heteroatoms. The number of primary amides is 1. The van der Waals surface area contributed by atoms with Gasteiger partial charge < -0.3 is 15.2 Å². The molecule has 1 aromatic heterocycles. The minimum absolute atomic E-state index is 0.0915. The van der Waals surface area contributed by atoms with Gasteiger partial charge in [0.2, 0.25) is 5.91 Å². The Labute approximate surface area is 151 Å². The summed E-state index contributed by atoms with van der Waals surface area (Å²) in [6.45, 7) is 3.03. The molecule has 2 aromatic carbocycles. The van der Waals surface area contributed by atoms with Crippen molar-refractivity contribution in [3.05, 3.63) is 88.7 Å². The van der Waals surface area contributed by atoms with Crippen LogP contribution in [0, 0.1) is 6.92 Å². The number of anilines is 1. The number of nitrogens with zero attached hydrogens (tertiary/aromatic N) is 2. The quantitative estimate of drug-likeness (QED) is 0.775. The lowest BCUT2D eigenvalue weighted by Crippen LogP contribution is -2.30. The summed E-state index contributed by atoms with van der Waals surface area (Å²) in [5.74, 6) is -0.578. The molecule has 0 aliphatic carbocycles. The van der Waals surface area contributed by atoms with E-state index in [1.54, 1.807) is 30.0 Å². The highest BCUT2D eigenvalue weighted by atomic mass is 16.2. The van der Waals surface area contributed by atoms with Crippen LogP contribution in [0.15, 0.2) is 60.8 Å². The second kappa shape index (κ2) is 6.19. The van der Waals surface area contributed by atoms with Crippen molar-refractivity contribution in [2.45, 2.75) is 20.0 Å². The highest BCUT2D eigenvalue weighted by Crippen LogP contribution is 2.29. The number of amides is 2. The second-order valence-corrected chi connectivity index (χ2v) is 6.54. The molecule has 130 valence electrons. The summed E-state index contributed by atoms with van der Waals surface area (Å²) in [6.07, 6.45) is 2.03. The summed E-state index contributed by atoms with van der Waals surface area (Å²) in [5.41, 5.74) is 10.2. The van der Waals surface area contributed by atoms with E-state index in [1.165, 1.54) is 0 Å². The number of rotatable bonds is 2. The zero-order valence-corrected chi connectivity index (χ0v) is 14.5. The van der Waals surface area contributed by atoms with Crippen molar-refractivity contribution >= 4 is 17.5 Å². The van der Waals surface area contributed by atoms with Crippen LogP contribution in [0.3, 0.4) is 0 Å². The van der Waals surface area contributed by atoms with Gasteiger partial charge in [-0.25, -0.2) is 0 Å². The van der Waals surface area contributed by atoms with E-state index >= 15 is 0 Å². The zero-order chi connectivity index (χ0) is 18.3. The van der Waals surface area contributed by atoms with Crippen LogP contribution >= 0.6 is 0 Å². The van der Waals surface area contributed by atoms with Crippen LogP contribution in [0.4, 0.5) is 5.69 Å². The average Bonchev–Trinajstić information content (AvgIpc) is 3.00. The van der Waals surface area contributed by atoms with Gasteiger partial charge in [0.25, 0.3) is 5.91 Å². The van der Waals surface area contributed by atoms with Gasteiger partial charge in [-0.3, -0.25) is 9.59 Å². The standard InChI is InChI=1S/C21H19N3O2/c1-14-11-15(8-9-18(14)20(22)25)21(26)24-13-17-6-4-10-23(17)12-16-5-2-3-7-19(16)24/h2-11H,12-13H2,1H3,(H2,22,25). The molecule has 26 heavy (non-hydrogen) atoms. The Hall–Kier alpha value is -3.34. The Bertz CT molecular complexity index is 1020. The molecule has 0 fully saturated rings. The minimum Gasteiger partial charge on any atom is -0.366 e. The summed E-state index contributed by atoms with van der Waals surface area (Å²) < 4.78 is 2.16. The highest BCUT2D eigenvalue weighted by Gasteiger charge is 2.25. The lowest BCUT2D eigenvalue weighted by molar-refractivity contribution is 0.0978. The SMILES string of the molecule is Cc1cc(C(=O)N2Cc3cccn3Cc3ccccc32)ccc1C(N)=O. The van der Waals surface area contributed by atoms with E-state index in [0.29, 0.717) is 23.2 Å². The molecule has 4 rings (SSSR count). The van der Waals surface area contributed by atoms with Gasteiger partial charge in [-0.05, 0) is 54.4 Å². The van der Waals surface area contributed by atoms with Crippen LogP contribution in [0.2, 0.25) is 0 Å². The van der Waals surface area contributed by atoms with Crippen molar-refractivity contribution < 1.29 is 9.59 Å². The molecule has 2 amide bonds. The van der Waals surface area contributed by atoms with Crippen molar-refractivity contribution in [2.24, 2.45) is 5.73 Å². The second-order valence-electron chi connectivity index (χ2n) is 6.54. The molecule has 2 heterocycles. The Kier molecular flexibility index (Phi) is 3.84. The van der Waals surface area contributed by atoms with E-state index < -0.39 is 5.91 Å². The first-order valence-electron chi connectivity index (χ1n) is 8.49. The molecule has 1 aliphatic rings. The molecule has 0 unspecified atom stereocenters. The number of para-hydroxylation sites is 1. The lowest BCUT2D eigenvalue weighted by atomic mass is 10.0. The van der Waals surface area contributed by atoms with Crippen molar-refractivity contribution in [2.75, 3.05) is 4.90 Å². The van der Waals surface area contributed by atoms with Crippen molar-refractivity contribution in [3.63, 3.8) is 0 Å². The number of nitrogens with two attached hydrogens (primary N) is 1. The molecule has 0 atom stereocenters. The summed E-state index contributed by atoms with van der Waals surface area (Å²) in [7, 11) is 0. The Balaban J connectivity index is 1.78. The molecule has 0 radical (unpaired) electrons. The highest BCUT2D eigenvalue weighted by molar-refractivity contribution is 6.07. The van der Waals surface area contributed by atoms with Gasteiger partial charge >= 0.3 is 0 Å². The van der Waals surface area contributed by atoms with Crippen molar-refractivity contribution in [3.8, 4) is 0 Å². The van der Waals surface area contributed by atoms with Gasteiger partial charge in [-0.15, -0.1) is 0 Å². The van der Waals surface area contributed by atoms with E-state index in [4.69, 9.17) is 5.73 Å². The number of carbonyl (C=O) groups excluding carboxylic acids is 2. The predicted molar refractivity (Wildman–Crippen MR) is 100 cm³/mol. The smallest absolute Gasteiger partial charge is 0.258 e. The van der Waals surface area contributed by atoms with Crippen LogP contribution in [-0.4, -0.2) is 16.4 Å². The molecule has 0 saturated heterocycles. The van der Waals surface area contributed by atoms with Crippen LogP contribution in [0.25, 0.3) is 0 Å². The fraction of sp³-hybridized carbons (Fsp3) is 0.143. The average molecular weight is 345 g/mol. The third-order valence-electron chi connectivity index (χ3n) is 4.85. The summed E-state index contributed by atoms with van der Waals surface area (Å²) in [6, 6.07) is 17.0. The molecule has 1 aliphatic heterocycles. The van der Waals surface area contributed by atoms with Crippen LogP contribution in [0.1, 0.15) is 37.5 Å². The Morgan fingerprint density at radius 2 is 1.81 bits per heavy atom. The third-order valence-corrected chi connectivity index (χ3v) is 4.85. The molecular formula is C21H19N3O2. The van der Waals surface area contributed by atoms with E-state index in [-0.39, 0.29) is 5.91 Å². The largest absolute Gasteiger partial charge is 0.366 e. The maximum atomic E-state index is 13.3. The monoisotopic (exact) mass is 345 g/mol. The number of carbonyl (C=O) groups is 2. The summed E-state index contributed by atoms with van der Waals surface area (Å²) in [4.78, 5) is 26.5. The summed E-state index contributed by atoms with van der Waals surface area (Å²) >= 11 is 0. The predicted octanol–water partition coefficient (Wildman–Crippen LogP) is 3.10. The number of fused-ring (bicyclic) bond motifs is 2. The van der Waals surface area contributed by atoms with Gasteiger partial charge in [0.05, 0.1) is 6.54 Å². The van der Waals surface area contributed by atoms with Gasteiger partial charge in [-0.2, -0.15) is 0 Å². The zero-order valence-electron chi connectivity index (χ0n) is 14.5. The van der Waals surface area contributed by atoms with Crippen molar-refractivity contribution in [1.82, 2.24) is 4.57 Å². The van der Waals surface area contributed by atoms with Crippen LogP contribution < -0.4 is 10.6 Å². The van der Waals surface area contributed by atoms with Gasteiger partial charge in [0, 0.05) is 35.2 Å². The Morgan fingerprint density at radius 1 is 1.00 bits per heavy atom. The first-order chi connectivity index (χ1) is 12.5. The number of hydrogen-bond acceptors (Lipinski definition) is 2. The third kappa shape index (κ3) is 2.67. The van der Waals surface area contributed by atoms with Gasteiger partial charge in [0.1, 0.15) is 0 Å². The van der Waals surface area contributed by atoms with Gasteiger partial charge in [-0.1, -0.05) is 18.2 Å². The fourth-order valence-corrected chi connectivity index (χ4v) is 3.50. The summed E-state index contributed by atoms with van der Waals surface area (Å²) in [5, 5.41) is 0. The lowest BCUT2D eigenvalue weighted by Gasteiger charge is -2.23. The molecule has 0 spiro atoms. The van der Waals surface area contributed by atoms with Crippen LogP contribution in [0.5, 0.6) is 0 Å². The van der Waals surface area contributed by atoms with E-state index in [0.717, 1.165) is 23.5 Å². The van der Waals surface area contributed by atoms with Crippen molar-refractivity contribution in [1.29, 1.82) is 0 Å². The molecule has 0 saturated carbocycles. The first-order valence-corrected chi connectivity index (χ1v) is 8.49. The maximum absolute atomic E-state index is 13.3. The van der Waals surface area contributed by atoms with E-state index in [2.05, 4.69) is 4.57 Å². The number of aryl methyl sites for hydroxylation is 1. The van der Waals surface area contributed by atoms with E-state index in [1.807, 2.05) is 42.6 Å². The molecule has 0 bridgehead atoms. The molecule has 5 nitrogen and oxygen atoms in total. The minimum atomic E-state index is -0.487. The number of benzene rings is 2. The fourth-order valence-electron chi connectivity index (χ4n) is 3.50. The maximum Gasteiger partial charge on any atom is 0.258 e. The normalized spacial score (nSPS) is 12.9. The first kappa shape index (κ1) is 16.1.